The number of aromatic nitrogens is 4. The number of hydrogen-bond acceptors (Lipinski definition) is 4. The third-order valence-electron chi connectivity index (χ3n) is 3.53. The van der Waals surface area contributed by atoms with Gasteiger partial charge in [0.2, 0.25) is 4.96 Å². The first-order valence-corrected chi connectivity index (χ1v) is 8.14. The third kappa shape index (κ3) is 2.78. The van der Waals surface area contributed by atoms with Crippen molar-refractivity contribution in [2.75, 3.05) is 0 Å². The zero-order valence-corrected chi connectivity index (χ0v) is 13.4. The lowest BCUT2D eigenvalue weighted by Crippen LogP contribution is -1.90. The van der Waals surface area contributed by atoms with Gasteiger partial charge in [0.25, 0.3) is 0 Å². The molecule has 0 saturated carbocycles. The van der Waals surface area contributed by atoms with Crippen molar-refractivity contribution in [3.63, 3.8) is 0 Å². The van der Waals surface area contributed by atoms with E-state index in [2.05, 4.69) is 52.6 Å². The normalized spacial score (nSPS) is 11.5. The number of hydrogen-bond donors (Lipinski definition) is 0. The number of nitrogens with zero attached hydrogens (tertiary/aromatic N) is 4. The zero-order chi connectivity index (χ0) is 15.6. The molecule has 0 N–H and O–H groups in total. The van der Waals surface area contributed by atoms with E-state index in [4.69, 9.17) is 0 Å². The molecule has 112 valence electrons. The molecule has 0 bridgehead atoms. The van der Waals surface area contributed by atoms with Crippen LogP contribution in [0.3, 0.4) is 0 Å². The molecule has 0 radical (unpaired) electrons. The third-order valence-corrected chi connectivity index (χ3v) is 4.40. The predicted octanol–water partition coefficient (Wildman–Crippen LogP) is 4.33. The Kier molecular flexibility index (Phi) is 3.48. The molecule has 5 heteroatoms. The van der Waals surface area contributed by atoms with Crippen LogP contribution in [0.2, 0.25) is 0 Å². The van der Waals surface area contributed by atoms with E-state index in [0.717, 1.165) is 26.9 Å². The highest BCUT2D eigenvalue weighted by molar-refractivity contribution is 7.17. The summed E-state index contributed by atoms with van der Waals surface area (Å²) in [5, 5.41) is 14.0. The van der Waals surface area contributed by atoms with Crippen LogP contribution in [0.5, 0.6) is 0 Å². The molecule has 0 saturated heterocycles. The molecule has 2 aromatic heterocycles. The molecule has 23 heavy (non-hydrogen) atoms. The first kappa shape index (κ1) is 13.8. The first-order chi connectivity index (χ1) is 11.3. The van der Waals surface area contributed by atoms with Gasteiger partial charge in [0.1, 0.15) is 5.01 Å². The summed E-state index contributed by atoms with van der Waals surface area (Å²) in [7, 11) is 0. The molecule has 0 atom stereocenters. The standard InChI is InChI=1S/C18H14N4S/c1-13-7-9-14(10-8-13)11-12-16-21-22-17(19-20-18(22)23-16)15-5-3-2-4-6-15/h2-12H,1H3. The molecule has 2 aromatic carbocycles. The van der Waals surface area contributed by atoms with Gasteiger partial charge in [0.05, 0.1) is 0 Å². The van der Waals surface area contributed by atoms with Crippen molar-refractivity contribution in [1.29, 1.82) is 0 Å². The Morgan fingerprint density at radius 3 is 2.48 bits per heavy atom. The molecule has 0 amide bonds. The average Bonchev–Trinajstić information content (AvgIpc) is 3.15. The molecule has 2 heterocycles. The summed E-state index contributed by atoms with van der Waals surface area (Å²) in [6.07, 6.45) is 4.08. The fraction of sp³-hybridized carbons (Fsp3) is 0.0556. The van der Waals surface area contributed by atoms with Crippen molar-refractivity contribution < 1.29 is 0 Å². The van der Waals surface area contributed by atoms with Crippen LogP contribution in [-0.4, -0.2) is 19.8 Å². The highest BCUT2D eigenvalue weighted by Gasteiger charge is 2.11. The molecular weight excluding hydrogens is 304 g/mol. The van der Waals surface area contributed by atoms with E-state index in [1.807, 2.05) is 36.4 Å². The molecule has 0 aliphatic rings. The lowest BCUT2D eigenvalue weighted by molar-refractivity contribution is 0.960. The van der Waals surface area contributed by atoms with Gasteiger partial charge in [-0.1, -0.05) is 77.6 Å². The SMILES string of the molecule is Cc1ccc(C=Cc2nn3c(-c4ccccc4)nnc3s2)cc1. The monoisotopic (exact) mass is 318 g/mol. The van der Waals surface area contributed by atoms with Crippen LogP contribution < -0.4 is 0 Å². The van der Waals surface area contributed by atoms with E-state index < -0.39 is 0 Å². The van der Waals surface area contributed by atoms with Crippen molar-refractivity contribution in [2.45, 2.75) is 6.92 Å². The molecule has 0 fully saturated rings. The van der Waals surface area contributed by atoms with E-state index in [0.29, 0.717) is 0 Å². The van der Waals surface area contributed by atoms with Crippen LogP contribution in [0, 0.1) is 6.92 Å². The van der Waals surface area contributed by atoms with Gasteiger partial charge in [-0.25, -0.2) is 0 Å². The summed E-state index contributed by atoms with van der Waals surface area (Å²) in [5.41, 5.74) is 3.43. The Morgan fingerprint density at radius 2 is 1.70 bits per heavy atom. The van der Waals surface area contributed by atoms with Crippen LogP contribution in [-0.2, 0) is 0 Å². The quantitative estimate of drug-likeness (QED) is 0.564. The maximum Gasteiger partial charge on any atom is 0.235 e. The summed E-state index contributed by atoms with van der Waals surface area (Å²) < 4.78 is 1.80. The summed E-state index contributed by atoms with van der Waals surface area (Å²) in [4.78, 5) is 0.799. The molecule has 0 aliphatic carbocycles. The van der Waals surface area contributed by atoms with Gasteiger partial charge in [-0.05, 0) is 18.6 Å². The Balaban J connectivity index is 1.67. The molecule has 0 aliphatic heterocycles. The number of rotatable bonds is 3. The molecule has 4 nitrogen and oxygen atoms in total. The summed E-state index contributed by atoms with van der Waals surface area (Å²) in [6, 6.07) is 18.4. The van der Waals surface area contributed by atoms with Gasteiger partial charge in [-0.2, -0.15) is 9.61 Å². The van der Waals surface area contributed by atoms with Gasteiger partial charge in [-0.3, -0.25) is 0 Å². The summed E-state index contributed by atoms with van der Waals surface area (Å²) >= 11 is 1.53. The molecule has 4 aromatic rings. The molecule has 0 unspecified atom stereocenters. The minimum absolute atomic E-state index is 0.770. The molecule has 0 spiro atoms. The Hall–Kier alpha value is -2.79. The van der Waals surface area contributed by atoms with Crippen LogP contribution >= 0.6 is 11.3 Å². The van der Waals surface area contributed by atoms with Crippen LogP contribution in [0.4, 0.5) is 0 Å². The zero-order valence-electron chi connectivity index (χ0n) is 12.5. The number of benzene rings is 2. The van der Waals surface area contributed by atoms with E-state index >= 15 is 0 Å². The second-order valence-corrected chi connectivity index (χ2v) is 6.26. The van der Waals surface area contributed by atoms with Gasteiger partial charge < -0.3 is 0 Å². The Labute approximate surface area is 137 Å². The summed E-state index contributed by atoms with van der Waals surface area (Å²) in [6.45, 7) is 2.08. The minimum atomic E-state index is 0.770. The maximum atomic E-state index is 4.61. The smallest absolute Gasteiger partial charge is 0.182 e. The van der Waals surface area contributed by atoms with Gasteiger partial charge >= 0.3 is 0 Å². The minimum Gasteiger partial charge on any atom is -0.182 e. The molecule has 4 rings (SSSR count). The maximum absolute atomic E-state index is 4.61. The van der Waals surface area contributed by atoms with Crippen molar-refractivity contribution in [1.82, 2.24) is 19.8 Å². The van der Waals surface area contributed by atoms with E-state index in [9.17, 15) is 0 Å². The van der Waals surface area contributed by atoms with Crippen molar-refractivity contribution >= 4 is 28.4 Å². The summed E-state index contributed by atoms with van der Waals surface area (Å²) in [5.74, 6) is 0.770. The Morgan fingerprint density at radius 1 is 0.913 bits per heavy atom. The van der Waals surface area contributed by atoms with Crippen molar-refractivity contribution in [3.05, 3.63) is 70.7 Å². The van der Waals surface area contributed by atoms with Crippen LogP contribution in [0.1, 0.15) is 16.1 Å². The van der Waals surface area contributed by atoms with E-state index in [1.54, 1.807) is 4.52 Å². The highest BCUT2D eigenvalue weighted by Crippen LogP contribution is 2.22. The topological polar surface area (TPSA) is 43.1 Å². The fourth-order valence-corrected chi connectivity index (χ4v) is 3.05. The Bertz CT molecular complexity index is 965. The predicted molar refractivity (Wildman–Crippen MR) is 94.2 cm³/mol. The van der Waals surface area contributed by atoms with E-state index in [1.165, 1.54) is 16.9 Å². The largest absolute Gasteiger partial charge is 0.235 e. The lowest BCUT2D eigenvalue weighted by atomic mass is 10.1. The van der Waals surface area contributed by atoms with Gasteiger partial charge in [-0.15, -0.1) is 10.2 Å². The number of fused-ring (bicyclic) bond motifs is 1. The van der Waals surface area contributed by atoms with Crippen molar-refractivity contribution in [3.8, 4) is 11.4 Å². The van der Waals surface area contributed by atoms with Crippen molar-refractivity contribution in [2.24, 2.45) is 0 Å². The average molecular weight is 318 g/mol. The number of aryl methyl sites for hydroxylation is 1. The second kappa shape index (κ2) is 5.78. The van der Waals surface area contributed by atoms with Crippen LogP contribution in [0.25, 0.3) is 28.5 Å². The highest BCUT2D eigenvalue weighted by atomic mass is 32.1. The van der Waals surface area contributed by atoms with Gasteiger partial charge in [0, 0.05) is 5.56 Å². The molecular formula is C18H14N4S. The first-order valence-electron chi connectivity index (χ1n) is 7.32. The fourth-order valence-electron chi connectivity index (χ4n) is 2.31. The lowest BCUT2D eigenvalue weighted by Gasteiger charge is -1.95. The van der Waals surface area contributed by atoms with E-state index in [-0.39, 0.29) is 0 Å². The van der Waals surface area contributed by atoms with Crippen LogP contribution in [0.15, 0.2) is 54.6 Å². The van der Waals surface area contributed by atoms with Gasteiger partial charge in [0.15, 0.2) is 5.82 Å². The second-order valence-electron chi connectivity index (χ2n) is 5.27.